The van der Waals surface area contributed by atoms with Crippen LogP contribution in [0.5, 0.6) is 0 Å². The lowest BCUT2D eigenvalue weighted by Gasteiger charge is -2.16. The molecule has 0 bridgehead atoms. The SMILES string of the molecule is O=C(OCCC(I)=CC(F)(F)C(F)(F)F)c1cccc(Br)c1. The van der Waals surface area contributed by atoms with Gasteiger partial charge in [-0.25, -0.2) is 4.79 Å². The largest absolute Gasteiger partial charge is 0.462 e. The molecule has 0 amide bonds. The van der Waals surface area contributed by atoms with Crippen molar-refractivity contribution in [3.8, 4) is 0 Å². The maximum absolute atomic E-state index is 12.8. The van der Waals surface area contributed by atoms with Crippen LogP contribution in [0.1, 0.15) is 16.8 Å². The van der Waals surface area contributed by atoms with Gasteiger partial charge in [-0.15, -0.1) is 0 Å². The molecule has 2 nitrogen and oxygen atoms in total. The van der Waals surface area contributed by atoms with Crippen molar-refractivity contribution in [2.24, 2.45) is 0 Å². The summed E-state index contributed by atoms with van der Waals surface area (Å²) in [6.45, 7) is -0.298. The van der Waals surface area contributed by atoms with Crippen LogP contribution in [0.4, 0.5) is 22.0 Å². The molecule has 0 saturated carbocycles. The van der Waals surface area contributed by atoms with Gasteiger partial charge in [-0.3, -0.25) is 0 Å². The zero-order valence-electron chi connectivity index (χ0n) is 10.8. The zero-order valence-corrected chi connectivity index (χ0v) is 14.5. The van der Waals surface area contributed by atoms with E-state index in [9.17, 15) is 26.7 Å². The van der Waals surface area contributed by atoms with Crippen molar-refractivity contribution in [1.29, 1.82) is 0 Å². The maximum Gasteiger partial charge on any atom is 0.457 e. The number of carbonyl (C=O) groups is 1. The van der Waals surface area contributed by atoms with Crippen LogP contribution in [-0.4, -0.2) is 24.7 Å². The van der Waals surface area contributed by atoms with Crippen LogP contribution in [0.15, 0.2) is 38.4 Å². The Morgan fingerprint density at radius 2 is 1.91 bits per heavy atom. The van der Waals surface area contributed by atoms with Gasteiger partial charge in [-0.2, -0.15) is 22.0 Å². The van der Waals surface area contributed by atoms with Crippen LogP contribution in [-0.2, 0) is 4.74 Å². The van der Waals surface area contributed by atoms with E-state index in [1.54, 1.807) is 12.1 Å². The second-order valence-electron chi connectivity index (χ2n) is 4.11. The summed E-state index contributed by atoms with van der Waals surface area (Å²) < 4.78 is 66.8. The molecule has 1 aromatic carbocycles. The minimum Gasteiger partial charge on any atom is -0.462 e. The predicted octanol–water partition coefficient (Wildman–Crippen LogP) is 5.51. The lowest BCUT2D eigenvalue weighted by atomic mass is 10.2. The normalized spacial score (nSPS) is 13.1. The van der Waals surface area contributed by atoms with Crippen LogP contribution >= 0.6 is 38.5 Å². The number of alkyl halides is 5. The molecule has 0 N–H and O–H groups in total. The highest BCUT2D eigenvalue weighted by Crippen LogP contribution is 2.38. The molecule has 0 heterocycles. The fourth-order valence-electron chi connectivity index (χ4n) is 1.29. The van der Waals surface area contributed by atoms with Crippen molar-refractivity contribution >= 4 is 44.5 Å². The molecule has 0 radical (unpaired) electrons. The van der Waals surface area contributed by atoms with E-state index in [2.05, 4.69) is 15.9 Å². The van der Waals surface area contributed by atoms with Gasteiger partial charge in [0.15, 0.2) is 0 Å². The highest BCUT2D eigenvalue weighted by Gasteiger charge is 2.55. The van der Waals surface area contributed by atoms with E-state index in [4.69, 9.17) is 4.74 Å². The topological polar surface area (TPSA) is 26.3 Å². The Kier molecular flexibility index (Phi) is 6.78. The lowest BCUT2D eigenvalue weighted by molar-refractivity contribution is -0.259. The molecule has 1 aromatic rings. The Labute approximate surface area is 145 Å². The molecule has 0 aromatic heterocycles. The van der Waals surface area contributed by atoms with Crippen molar-refractivity contribution in [3.63, 3.8) is 0 Å². The van der Waals surface area contributed by atoms with E-state index < -0.39 is 18.1 Å². The van der Waals surface area contributed by atoms with Gasteiger partial charge in [0.1, 0.15) is 0 Å². The molecule has 0 spiro atoms. The quantitative estimate of drug-likeness (QED) is 0.304. The number of carbonyl (C=O) groups excluding carboxylic acids is 1. The first-order chi connectivity index (χ1) is 10.0. The van der Waals surface area contributed by atoms with E-state index in [-0.39, 0.29) is 28.2 Å². The summed E-state index contributed by atoms with van der Waals surface area (Å²) in [5.41, 5.74) is 0.244. The van der Waals surface area contributed by atoms with Gasteiger partial charge in [0.25, 0.3) is 0 Å². The van der Waals surface area contributed by atoms with Gasteiger partial charge in [-0.1, -0.05) is 22.0 Å². The number of esters is 1. The second kappa shape index (κ2) is 7.71. The molecule has 0 aliphatic heterocycles. The van der Waals surface area contributed by atoms with Gasteiger partial charge in [0.05, 0.1) is 12.2 Å². The van der Waals surface area contributed by atoms with Crippen molar-refractivity contribution in [2.75, 3.05) is 6.61 Å². The van der Waals surface area contributed by atoms with Crippen LogP contribution in [0.3, 0.4) is 0 Å². The Morgan fingerprint density at radius 1 is 1.27 bits per heavy atom. The third-order valence-corrected chi connectivity index (χ3v) is 3.69. The number of halogens is 7. The number of benzene rings is 1. The Hall–Kier alpha value is -0.710. The summed E-state index contributed by atoms with van der Waals surface area (Å²) in [7, 11) is 0. The van der Waals surface area contributed by atoms with Crippen LogP contribution < -0.4 is 0 Å². The Morgan fingerprint density at radius 3 is 2.45 bits per heavy atom. The first-order valence-corrected chi connectivity index (χ1v) is 7.64. The Balaban J connectivity index is 2.55. The van der Waals surface area contributed by atoms with Crippen LogP contribution in [0, 0.1) is 0 Å². The molecule has 0 saturated heterocycles. The van der Waals surface area contributed by atoms with E-state index in [1.807, 2.05) is 0 Å². The van der Waals surface area contributed by atoms with Gasteiger partial charge in [-0.05, 0) is 44.4 Å². The maximum atomic E-state index is 12.8. The predicted molar refractivity (Wildman–Crippen MR) is 82.1 cm³/mol. The van der Waals surface area contributed by atoms with Gasteiger partial charge >= 0.3 is 18.1 Å². The molecular formula is C13H9BrF5IO2. The standard InChI is InChI=1S/C13H9BrF5IO2/c14-9-3-1-2-8(6-9)11(21)22-5-4-10(20)7-12(15,16)13(17,18)19/h1-3,6-7H,4-5H2. The lowest BCUT2D eigenvalue weighted by Crippen LogP contribution is -2.34. The molecule has 22 heavy (non-hydrogen) atoms. The smallest absolute Gasteiger partial charge is 0.457 e. The Bertz CT molecular complexity index is 572. The van der Waals surface area contributed by atoms with Crippen LogP contribution in [0.2, 0.25) is 0 Å². The fraction of sp³-hybridized carbons (Fsp3) is 0.308. The minimum absolute atomic E-state index is 0.180. The minimum atomic E-state index is -5.64. The molecule has 0 aliphatic carbocycles. The summed E-state index contributed by atoms with van der Waals surface area (Å²) in [6, 6.07) is 6.29. The van der Waals surface area contributed by atoms with Crippen molar-refractivity contribution in [3.05, 3.63) is 44.0 Å². The number of allylic oxidation sites excluding steroid dienone is 1. The number of rotatable bonds is 5. The third-order valence-electron chi connectivity index (χ3n) is 2.35. The van der Waals surface area contributed by atoms with E-state index in [0.29, 0.717) is 4.47 Å². The summed E-state index contributed by atoms with van der Waals surface area (Å²) in [5.74, 6) is -5.59. The summed E-state index contributed by atoms with van der Waals surface area (Å²) in [5, 5.41) is 0. The molecule has 0 unspecified atom stereocenters. The highest BCUT2D eigenvalue weighted by molar-refractivity contribution is 14.1. The van der Waals surface area contributed by atoms with Gasteiger partial charge < -0.3 is 4.74 Å². The van der Waals surface area contributed by atoms with E-state index >= 15 is 0 Å². The average Bonchev–Trinajstić information content (AvgIpc) is 2.36. The average molecular weight is 499 g/mol. The molecule has 9 heteroatoms. The fourth-order valence-corrected chi connectivity index (χ4v) is 2.30. The molecule has 0 atom stereocenters. The molecule has 0 aliphatic rings. The molecule has 122 valence electrons. The van der Waals surface area contributed by atoms with Crippen molar-refractivity contribution in [1.82, 2.24) is 0 Å². The second-order valence-corrected chi connectivity index (χ2v) is 6.41. The number of hydrogen-bond acceptors (Lipinski definition) is 2. The highest BCUT2D eigenvalue weighted by atomic mass is 127. The third kappa shape index (κ3) is 5.82. The zero-order chi connectivity index (χ0) is 17.0. The van der Waals surface area contributed by atoms with E-state index in [0.717, 1.165) is 0 Å². The summed E-state index contributed by atoms with van der Waals surface area (Å²) >= 11 is 4.52. The molecular weight excluding hydrogens is 490 g/mol. The monoisotopic (exact) mass is 498 g/mol. The van der Waals surface area contributed by atoms with Gasteiger partial charge in [0, 0.05) is 17.0 Å². The number of hydrogen-bond donors (Lipinski definition) is 0. The van der Waals surface area contributed by atoms with E-state index in [1.165, 1.54) is 34.7 Å². The molecule has 0 fully saturated rings. The van der Waals surface area contributed by atoms with Crippen molar-refractivity contribution < 1.29 is 31.5 Å². The summed E-state index contributed by atoms with van der Waals surface area (Å²) in [4.78, 5) is 11.6. The molecule has 1 rings (SSSR count). The van der Waals surface area contributed by atoms with Crippen molar-refractivity contribution in [2.45, 2.75) is 18.5 Å². The number of ether oxygens (including phenoxy) is 1. The first-order valence-electron chi connectivity index (χ1n) is 5.77. The summed E-state index contributed by atoms with van der Waals surface area (Å²) in [6.07, 6.45) is -6.05. The van der Waals surface area contributed by atoms with Crippen LogP contribution in [0.25, 0.3) is 0 Å². The van der Waals surface area contributed by atoms with Gasteiger partial charge in [0.2, 0.25) is 0 Å². The first kappa shape index (κ1) is 19.3.